The van der Waals surface area contributed by atoms with Gasteiger partial charge in [0.05, 0.1) is 17.6 Å². The summed E-state index contributed by atoms with van der Waals surface area (Å²) in [5, 5.41) is 8.74. The van der Waals surface area contributed by atoms with Gasteiger partial charge < -0.3 is 10.6 Å². The van der Waals surface area contributed by atoms with Crippen molar-refractivity contribution in [2.45, 2.75) is 25.9 Å². The molecule has 1 amide bonds. The largest absolute Gasteiger partial charge is 0.338 e. The molecule has 5 heteroatoms. The van der Waals surface area contributed by atoms with Crippen LogP contribution in [0, 0.1) is 23.1 Å². The molecule has 0 aliphatic heterocycles. The number of carbonyl (C=O) groups excluding carboxylic acids is 1. The zero-order chi connectivity index (χ0) is 15.4. The zero-order valence-corrected chi connectivity index (χ0v) is 11.9. The van der Waals surface area contributed by atoms with Crippen LogP contribution in [0.4, 0.5) is 4.39 Å². The standard InChI is InChI=1S/C16H18FN3O/c1-2-20(16(21)12-5-6-14(19)8-12)10-13-4-3-11(9-18)7-15(13)17/h3-7,12,14H,2,8,10,19H2,1H3. The first-order valence-corrected chi connectivity index (χ1v) is 6.96. The van der Waals surface area contributed by atoms with E-state index in [-0.39, 0.29) is 30.0 Å². The van der Waals surface area contributed by atoms with Gasteiger partial charge in [-0.2, -0.15) is 5.26 Å². The van der Waals surface area contributed by atoms with Crippen LogP contribution >= 0.6 is 0 Å². The van der Waals surface area contributed by atoms with Crippen LogP contribution in [0.5, 0.6) is 0 Å². The normalized spacial score (nSPS) is 20.3. The molecule has 0 fully saturated rings. The third kappa shape index (κ3) is 3.47. The number of hydrogen-bond donors (Lipinski definition) is 1. The summed E-state index contributed by atoms with van der Waals surface area (Å²) in [5.74, 6) is -0.717. The minimum absolute atomic E-state index is 0.0366. The maximum atomic E-state index is 13.9. The van der Waals surface area contributed by atoms with Crippen molar-refractivity contribution < 1.29 is 9.18 Å². The van der Waals surface area contributed by atoms with Gasteiger partial charge in [0.25, 0.3) is 0 Å². The highest BCUT2D eigenvalue weighted by molar-refractivity contribution is 5.81. The maximum Gasteiger partial charge on any atom is 0.229 e. The van der Waals surface area contributed by atoms with Crippen LogP contribution in [0.25, 0.3) is 0 Å². The lowest BCUT2D eigenvalue weighted by Gasteiger charge is -2.24. The minimum Gasteiger partial charge on any atom is -0.338 e. The third-order valence-electron chi connectivity index (χ3n) is 3.67. The molecule has 2 N–H and O–H groups in total. The van der Waals surface area contributed by atoms with Crippen molar-refractivity contribution in [2.75, 3.05) is 6.54 Å². The number of rotatable bonds is 4. The fourth-order valence-electron chi connectivity index (χ4n) is 2.44. The van der Waals surface area contributed by atoms with Gasteiger partial charge in [-0.1, -0.05) is 18.2 Å². The van der Waals surface area contributed by atoms with Crippen LogP contribution in [0.3, 0.4) is 0 Å². The van der Waals surface area contributed by atoms with Crippen molar-refractivity contribution in [3.63, 3.8) is 0 Å². The molecule has 2 atom stereocenters. The van der Waals surface area contributed by atoms with Crippen LogP contribution in [0.2, 0.25) is 0 Å². The average Bonchev–Trinajstić information content (AvgIpc) is 2.92. The molecule has 1 aliphatic rings. The van der Waals surface area contributed by atoms with E-state index in [9.17, 15) is 9.18 Å². The quantitative estimate of drug-likeness (QED) is 0.860. The predicted molar refractivity (Wildman–Crippen MR) is 77.4 cm³/mol. The van der Waals surface area contributed by atoms with Crippen molar-refractivity contribution >= 4 is 5.91 Å². The van der Waals surface area contributed by atoms with E-state index < -0.39 is 5.82 Å². The maximum absolute atomic E-state index is 13.9. The Bertz CT molecular complexity index is 606. The smallest absolute Gasteiger partial charge is 0.229 e. The van der Waals surface area contributed by atoms with Crippen molar-refractivity contribution in [3.05, 3.63) is 47.3 Å². The van der Waals surface area contributed by atoms with E-state index in [1.165, 1.54) is 6.07 Å². The average molecular weight is 287 g/mol. The first-order chi connectivity index (χ1) is 10.0. The van der Waals surface area contributed by atoms with Crippen LogP contribution in [-0.2, 0) is 11.3 Å². The fraction of sp³-hybridized carbons (Fsp3) is 0.375. The molecule has 0 saturated carbocycles. The van der Waals surface area contributed by atoms with Gasteiger partial charge in [0.15, 0.2) is 0 Å². The third-order valence-corrected chi connectivity index (χ3v) is 3.67. The van der Waals surface area contributed by atoms with Crippen molar-refractivity contribution in [2.24, 2.45) is 11.7 Å². The van der Waals surface area contributed by atoms with Gasteiger partial charge in [0, 0.05) is 24.7 Å². The summed E-state index contributed by atoms with van der Waals surface area (Å²) in [6.07, 6.45) is 4.26. The number of amides is 1. The molecule has 0 heterocycles. The highest BCUT2D eigenvalue weighted by atomic mass is 19.1. The number of nitriles is 1. The molecule has 1 aromatic carbocycles. The minimum atomic E-state index is -0.459. The van der Waals surface area contributed by atoms with Crippen LogP contribution in [0.15, 0.2) is 30.4 Å². The van der Waals surface area contributed by atoms with E-state index in [1.807, 2.05) is 25.1 Å². The Morgan fingerprint density at radius 2 is 2.29 bits per heavy atom. The van der Waals surface area contributed by atoms with Gasteiger partial charge in [-0.05, 0) is 25.5 Å². The number of nitrogens with two attached hydrogens (primary N) is 1. The molecule has 0 radical (unpaired) electrons. The Hall–Kier alpha value is -2.19. The molecule has 2 unspecified atom stereocenters. The summed E-state index contributed by atoms with van der Waals surface area (Å²) in [4.78, 5) is 14.0. The van der Waals surface area contributed by atoms with E-state index in [0.29, 0.717) is 18.5 Å². The van der Waals surface area contributed by atoms with E-state index in [0.717, 1.165) is 0 Å². The molecule has 1 aliphatic carbocycles. The van der Waals surface area contributed by atoms with Gasteiger partial charge in [0.1, 0.15) is 5.82 Å². The van der Waals surface area contributed by atoms with E-state index in [2.05, 4.69) is 0 Å². The summed E-state index contributed by atoms with van der Waals surface area (Å²) in [6, 6.07) is 6.12. The number of nitrogens with zero attached hydrogens (tertiary/aromatic N) is 2. The second-order valence-corrected chi connectivity index (χ2v) is 5.16. The monoisotopic (exact) mass is 287 g/mol. The molecule has 4 nitrogen and oxygen atoms in total. The first-order valence-electron chi connectivity index (χ1n) is 6.96. The molecule has 1 aromatic rings. The fourth-order valence-corrected chi connectivity index (χ4v) is 2.44. The second kappa shape index (κ2) is 6.51. The highest BCUT2D eigenvalue weighted by Crippen LogP contribution is 2.21. The van der Waals surface area contributed by atoms with Crippen molar-refractivity contribution in [1.29, 1.82) is 5.26 Å². The number of carbonyl (C=O) groups is 1. The lowest BCUT2D eigenvalue weighted by molar-refractivity contribution is -0.134. The molecular weight excluding hydrogens is 269 g/mol. The highest BCUT2D eigenvalue weighted by Gasteiger charge is 2.26. The SMILES string of the molecule is CCN(Cc1ccc(C#N)cc1F)C(=O)C1C=CC(N)C1. The first kappa shape index (κ1) is 15.2. The van der Waals surface area contributed by atoms with E-state index in [1.54, 1.807) is 17.0 Å². The van der Waals surface area contributed by atoms with Gasteiger partial charge in [0.2, 0.25) is 5.91 Å². The predicted octanol–water partition coefficient (Wildman–Crippen LogP) is 1.95. The van der Waals surface area contributed by atoms with E-state index in [4.69, 9.17) is 11.0 Å². The Morgan fingerprint density at radius 3 is 2.81 bits per heavy atom. The number of hydrogen-bond acceptors (Lipinski definition) is 3. The molecule has 0 bridgehead atoms. The van der Waals surface area contributed by atoms with E-state index >= 15 is 0 Å². The van der Waals surface area contributed by atoms with Crippen molar-refractivity contribution in [1.82, 2.24) is 4.90 Å². The van der Waals surface area contributed by atoms with Crippen LogP contribution in [-0.4, -0.2) is 23.4 Å². The molecule has 21 heavy (non-hydrogen) atoms. The summed E-state index contributed by atoms with van der Waals surface area (Å²) >= 11 is 0. The van der Waals surface area contributed by atoms with Gasteiger partial charge in [-0.15, -0.1) is 0 Å². The van der Waals surface area contributed by atoms with Crippen LogP contribution < -0.4 is 5.73 Å². The summed E-state index contributed by atoms with van der Waals surface area (Å²) in [5.41, 5.74) is 6.45. The Morgan fingerprint density at radius 1 is 1.52 bits per heavy atom. The Kier molecular flexibility index (Phi) is 4.71. The summed E-state index contributed by atoms with van der Waals surface area (Å²) in [7, 11) is 0. The van der Waals surface area contributed by atoms with Gasteiger partial charge in [-0.3, -0.25) is 4.79 Å². The summed E-state index contributed by atoms with van der Waals surface area (Å²) in [6.45, 7) is 2.56. The molecular formula is C16H18FN3O. The Labute approximate surface area is 123 Å². The topological polar surface area (TPSA) is 70.1 Å². The van der Waals surface area contributed by atoms with Gasteiger partial charge >= 0.3 is 0 Å². The molecule has 0 spiro atoms. The second-order valence-electron chi connectivity index (χ2n) is 5.16. The number of halogens is 1. The molecule has 0 saturated heterocycles. The lowest BCUT2D eigenvalue weighted by atomic mass is 10.1. The zero-order valence-electron chi connectivity index (χ0n) is 11.9. The van der Waals surface area contributed by atoms with Gasteiger partial charge in [-0.25, -0.2) is 4.39 Å². The molecule has 2 rings (SSSR count). The molecule has 0 aromatic heterocycles. The lowest BCUT2D eigenvalue weighted by Crippen LogP contribution is -2.35. The summed E-state index contributed by atoms with van der Waals surface area (Å²) < 4.78 is 13.9. The van der Waals surface area contributed by atoms with Crippen LogP contribution in [0.1, 0.15) is 24.5 Å². The Balaban J connectivity index is 2.11. The molecule has 110 valence electrons. The van der Waals surface area contributed by atoms with Crippen molar-refractivity contribution in [3.8, 4) is 6.07 Å². The number of benzene rings is 1.